The van der Waals surface area contributed by atoms with Gasteiger partial charge in [-0.05, 0) is 44.9 Å². The van der Waals surface area contributed by atoms with E-state index in [9.17, 15) is 4.79 Å². The summed E-state index contributed by atoms with van der Waals surface area (Å²) in [6, 6.07) is 0.255. The van der Waals surface area contributed by atoms with Crippen molar-refractivity contribution in [1.29, 1.82) is 0 Å². The monoisotopic (exact) mass is 252 g/mol. The molecule has 1 spiro atoms. The molecule has 0 aromatic carbocycles. The summed E-state index contributed by atoms with van der Waals surface area (Å²) in [5.74, 6) is 0. The Morgan fingerprint density at radius 2 is 1.56 bits per heavy atom. The molecule has 0 N–H and O–H groups in total. The minimum absolute atomic E-state index is 0.255. The second kappa shape index (κ2) is 5.94. The number of hydrogen-bond donors (Lipinski definition) is 0. The summed E-state index contributed by atoms with van der Waals surface area (Å²) in [4.78, 5) is 16.3. The van der Waals surface area contributed by atoms with E-state index in [1.807, 2.05) is 4.90 Å². The molecule has 1 aliphatic carbocycles. The van der Waals surface area contributed by atoms with E-state index >= 15 is 0 Å². The lowest BCUT2D eigenvalue weighted by Crippen LogP contribution is -2.49. The summed E-state index contributed by atoms with van der Waals surface area (Å²) in [6.07, 6.45) is 9.51. The van der Waals surface area contributed by atoms with Crippen LogP contribution in [0.25, 0.3) is 0 Å². The van der Waals surface area contributed by atoms with Crippen molar-refractivity contribution in [1.82, 2.24) is 9.80 Å². The number of piperidine rings is 1. The van der Waals surface area contributed by atoms with Crippen molar-refractivity contribution in [3.63, 3.8) is 0 Å². The molecular formula is C15H28N2O. The molecule has 1 saturated carbocycles. The Morgan fingerprint density at radius 3 is 2.06 bits per heavy atom. The van der Waals surface area contributed by atoms with Crippen molar-refractivity contribution in [3.05, 3.63) is 0 Å². The average Bonchev–Trinajstić information content (AvgIpc) is 2.42. The van der Waals surface area contributed by atoms with Crippen LogP contribution in [0.15, 0.2) is 0 Å². The summed E-state index contributed by atoms with van der Waals surface area (Å²) in [5, 5.41) is 0. The summed E-state index contributed by atoms with van der Waals surface area (Å²) in [7, 11) is 0. The zero-order chi connectivity index (χ0) is 13.0. The van der Waals surface area contributed by atoms with E-state index in [1.165, 1.54) is 44.9 Å². The molecule has 3 nitrogen and oxygen atoms in total. The molecule has 0 radical (unpaired) electrons. The van der Waals surface area contributed by atoms with Gasteiger partial charge in [0.15, 0.2) is 0 Å². The van der Waals surface area contributed by atoms with Crippen LogP contribution >= 0.6 is 0 Å². The standard InChI is InChI=1S/C15H28N2O/c1-3-16(4-2)14(18)17-12-10-15(11-13-17)8-6-5-7-9-15/h3-13H2,1-2H3. The van der Waals surface area contributed by atoms with Crippen LogP contribution in [0.1, 0.15) is 58.8 Å². The van der Waals surface area contributed by atoms with Gasteiger partial charge >= 0.3 is 6.03 Å². The maximum Gasteiger partial charge on any atom is 0.319 e. The topological polar surface area (TPSA) is 23.6 Å². The molecule has 1 heterocycles. The number of urea groups is 1. The van der Waals surface area contributed by atoms with Crippen LogP contribution in [0, 0.1) is 5.41 Å². The van der Waals surface area contributed by atoms with Crippen molar-refractivity contribution < 1.29 is 4.79 Å². The molecule has 1 aliphatic heterocycles. The first kappa shape index (κ1) is 13.7. The van der Waals surface area contributed by atoms with Crippen molar-refractivity contribution in [3.8, 4) is 0 Å². The molecule has 0 aromatic heterocycles. The number of carbonyl (C=O) groups excluding carboxylic acids is 1. The number of hydrogen-bond acceptors (Lipinski definition) is 1. The first-order valence-corrected chi connectivity index (χ1v) is 7.74. The largest absolute Gasteiger partial charge is 0.325 e. The third-order valence-corrected chi connectivity index (χ3v) is 5.04. The van der Waals surface area contributed by atoms with E-state index in [1.54, 1.807) is 0 Å². The van der Waals surface area contributed by atoms with Crippen LogP contribution in [0.5, 0.6) is 0 Å². The second-order valence-electron chi connectivity index (χ2n) is 6.00. The van der Waals surface area contributed by atoms with E-state index in [-0.39, 0.29) is 6.03 Å². The van der Waals surface area contributed by atoms with E-state index in [0.29, 0.717) is 5.41 Å². The molecule has 2 fully saturated rings. The number of rotatable bonds is 2. The first-order chi connectivity index (χ1) is 8.71. The zero-order valence-electron chi connectivity index (χ0n) is 12.1. The minimum Gasteiger partial charge on any atom is -0.325 e. The van der Waals surface area contributed by atoms with E-state index in [2.05, 4.69) is 18.7 Å². The lowest BCUT2D eigenvalue weighted by molar-refractivity contribution is 0.0702. The number of amides is 2. The van der Waals surface area contributed by atoms with Crippen molar-refractivity contribution in [2.45, 2.75) is 58.8 Å². The van der Waals surface area contributed by atoms with Gasteiger partial charge in [-0.1, -0.05) is 19.3 Å². The highest BCUT2D eigenvalue weighted by molar-refractivity contribution is 5.74. The van der Waals surface area contributed by atoms with E-state index in [0.717, 1.165) is 26.2 Å². The highest BCUT2D eigenvalue weighted by Gasteiger charge is 2.37. The van der Waals surface area contributed by atoms with Gasteiger partial charge in [0.25, 0.3) is 0 Å². The van der Waals surface area contributed by atoms with Gasteiger partial charge in [-0.2, -0.15) is 0 Å². The van der Waals surface area contributed by atoms with Crippen LogP contribution < -0.4 is 0 Å². The zero-order valence-corrected chi connectivity index (χ0v) is 12.1. The quantitative estimate of drug-likeness (QED) is 0.738. The molecule has 18 heavy (non-hydrogen) atoms. The molecule has 1 saturated heterocycles. The number of likely N-dealkylation sites (tertiary alicyclic amines) is 1. The fraction of sp³-hybridized carbons (Fsp3) is 0.933. The fourth-order valence-electron chi connectivity index (χ4n) is 3.67. The Hall–Kier alpha value is -0.730. The summed E-state index contributed by atoms with van der Waals surface area (Å²) in [5.41, 5.74) is 0.596. The smallest absolute Gasteiger partial charge is 0.319 e. The third kappa shape index (κ3) is 2.81. The highest BCUT2D eigenvalue weighted by Crippen LogP contribution is 2.44. The van der Waals surface area contributed by atoms with Crippen LogP contribution in [-0.4, -0.2) is 42.0 Å². The maximum atomic E-state index is 12.3. The van der Waals surface area contributed by atoms with Crippen LogP contribution in [0.3, 0.4) is 0 Å². The van der Waals surface area contributed by atoms with Crippen molar-refractivity contribution in [2.75, 3.05) is 26.2 Å². The SMILES string of the molecule is CCN(CC)C(=O)N1CCC2(CCCCC2)CC1. The van der Waals surface area contributed by atoms with Gasteiger partial charge in [-0.3, -0.25) is 0 Å². The third-order valence-electron chi connectivity index (χ3n) is 5.04. The van der Waals surface area contributed by atoms with Gasteiger partial charge < -0.3 is 9.80 Å². The molecular weight excluding hydrogens is 224 g/mol. The molecule has 0 aromatic rings. The lowest BCUT2D eigenvalue weighted by atomic mass is 9.68. The normalized spacial score (nSPS) is 23.1. The molecule has 2 rings (SSSR count). The number of nitrogens with zero attached hydrogens (tertiary/aromatic N) is 2. The molecule has 104 valence electrons. The molecule has 2 amide bonds. The van der Waals surface area contributed by atoms with E-state index < -0.39 is 0 Å². The molecule has 0 atom stereocenters. The Labute approximate surface area is 112 Å². The Bertz CT molecular complexity index is 270. The first-order valence-electron chi connectivity index (χ1n) is 7.74. The highest BCUT2D eigenvalue weighted by atomic mass is 16.2. The van der Waals surface area contributed by atoms with Gasteiger partial charge in [0.05, 0.1) is 0 Å². The predicted octanol–water partition coefficient (Wildman–Crippen LogP) is 3.49. The van der Waals surface area contributed by atoms with Crippen LogP contribution in [0.4, 0.5) is 4.79 Å². The van der Waals surface area contributed by atoms with Gasteiger partial charge in [0.2, 0.25) is 0 Å². The molecule has 2 aliphatic rings. The minimum atomic E-state index is 0.255. The van der Waals surface area contributed by atoms with Gasteiger partial charge in [0, 0.05) is 26.2 Å². The van der Waals surface area contributed by atoms with Crippen LogP contribution in [-0.2, 0) is 0 Å². The van der Waals surface area contributed by atoms with Crippen molar-refractivity contribution >= 4 is 6.03 Å². The Morgan fingerprint density at radius 1 is 1.00 bits per heavy atom. The number of carbonyl (C=O) groups is 1. The lowest BCUT2D eigenvalue weighted by Gasteiger charge is -2.45. The summed E-state index contributed by atoms with van der Waals surface area (Å²) in [6.45, 7) is 7.75. The van der Waals surface area contributed by atoms with Gasteiger partial charge in [0.1, 0.15) is 0 Å². The molecule has 0 unspecified atom stereocenters. The van der Waals surface area contributed by atoms with Gasteiger partial charge in [-0.25, -0.2) is 4.79 Å². The predicted molar refractivity (Wildman–Crippen MR) is 74.6 cm³/mol. The van der Waals surface area contributed by atoms with Crippen molar-refractivity contribution in [2.24, 2.45) is 5.41 Å². The van der Waals surface area contributed by atoms with Crippen LogP contribution in [0.2, 0.25) is 0 Å². The second-order valence-corrected chi connectivity index (χ2v) is 6.00. The maximum absolute atomic E-state index is 12.3. The average molecular weight is 252 g/mol. The molecule has 3 heteroatoms. The summed E-state index contributed by atoms with van der Waals surface area (Å²) < 4.78 is 0. The Kier molecular flexibility index (Phi) is 4.52. The fourth-order valence-corrected chi connectivity index (χ4v) is 3.67. The summed E-state index contributed by atoms with van der Waals surface area (Å²) >= 11 is 0. The van der Waals surface area contributed by atoms with E-state index in [4.69, 9.17) is 0 Å². The van der Waals surface area contributed by atoms with Gasteiger partial charge in [-0.15, -0.1) is 0 Å². The Balaban J connectivity index is 1.87. The molecule has 0 bridgehead atoms.